The van der Waals surface area contributed by atoms with E-state index in [0.717, 1.165) is 6.21 Å². The van der Waals surface area contributed by atoms with Crippen LogP contribution in [0.3, 0.4) is 0 Å². The molecule has 0 saturated carbocycles. The van der Waals surface area contributed by atoms with Crippen LogP contribution in [0, 0.1) is 5.41 Å². The molecule has 1 rings (SSSR count). The molecule has 0 amide bonds. The first-order valence-corrected chi connectivity index (χ1v) is 4.46. The second kappa shape index (κ2) is 3.70. The number of hydrogen-bond donors (Lipinski definition) is 2. The van der Waals surface area contributed by atoms with Crippen LogP contribution < -0.4 is 5.73 Å². The van der Waals surface area contributed by atoms with Gasteiger partial charge in [-0.1, -0.05) is 15.9 Å². The summed E-state index contributed by atoms with van der Waals surface area (Å²) in [7, 11) is 0. The largest absolute Gasteiger partial charge is 0.398 e. The molecule has 0 unspecified atom stereocenters. The van der Waals surface area contributed by atoms with E-state index >= 15 is 0 Å². The first-order chi connectivity index (χ1) is 6.06. The molecule has 0 saturated heterocycles. The highest BCUT2D eigenvalue weighted by atomic mass is 79.9. The van der Waals surface area contributed by atoms with Gasteiger partial charge in [-0.25, -0.2) is 0 Å². The number of hydrogen-bond acceptors (Lipinski definition) is 3. The summed E-state index contributed by atoms with van der Waals surface area (Å²) >= 11 is 3.24. The quantitative estimate of drug-likeness (QED) is 0.473. The third-order valence-electron chi connectivity index (χ3n) is 1.71. The lowest BCUT2D eigenvalue weighted by Gasteiger charge is -2.04. The molecule has 0 radical (unpaired) electrons. The maximum absolute atomic E-state index is 11.0. The van der Waals surface area contributed by atoms with Gasteiger partial charge in [0.2, 0.25) is 0 Å². The molecule has 0 aromatic heterocycles. The molecule has 1 aromatic carbocycles. The minimum Gasteiger partial charge on any atom is -0.398 e. The van der Waals surface area contributed by atoms with E-state index in [9.17, 15) is 4.79 Å². The van der Waals surface area contributed by atoms with E-state index in [-0.39, 0.29) is 5.78 Å². The van der Waals surface area contributed by atoms with E-state index in [2.05, 4.69) is 15.9 Å². The van der Waals surface area contributed by atoms with Gasteiger partial charge in [0.05, 0.1) is 0 Å². The van der Waals surface area contributed by atoms with Crippen molar-refractivity contribution in [3.8, 4) is 0 Å². The van der Waals surface area contributed by atoms with Crippen LogP contribution in [0.5, 0.6) is 0 Å². The van der Waals surface area contributed by atoms with Crippen LogP contribution in [0.2, 0.25) is 0 Å². The summed E-state index contributed by atoms with van der Waals surface area (Å²) in [6, 6.07) is 3.24. The minimum absolute atomic E-state index is 0.0380. The average molecular weight is 241 g/mol. The zero-order valence-corrected chi connectivity index (χ0v) is 8.68. The van der Waals surface area contributed by atoms with Gasteiger partial charge in [-0.2, -0.15) is 0 Å². The molecule has 0 spiro atoms. The maximum Gasteiger partial charge on any atom is 0.159 e. The van der Waals surface area contributed by atoms with E-state index in [1.807, 2.05) is 0 Å². The van der Waals surface area contributed by atoms with E-state index in [1.165, 1.54) is 6.92 Å². The normalized spacial score (nSPS) is 9.69. The highest BCUT2D eigenvalue weighted by molar-refractivity contribution is 9.10. The summed E-state index contributed by atoms with van der Waals surface area (Å²) in [5.74, 6) is -0.0380. The molecule has 0 fully saturated rings. The van der Waals surface area contributed by atoms with Gasteiger partial charge in [0.25, 0.3) is 0 Å². The van der Waals surface area contributed by atoms with Crippen LogP contribution in [-0.4, -0.2) is 12.0 Å². The molecule has 4 heteroatoms. The van der Waals surface area contributed by atoms with Gasteiger partial charge in [-0.3, -0.25) is 4.79 Å². The number of carbonyl (C=O) groups is 1. The monoisotopic (exact) mass is 240 g/mol. The Labute approximate surface area is 84.6 Å². The van der Waals surface area contributed by atoms with Crippen LogP contribution in [-0.2, 0) is 0 Å². The van der Waals surface area contributed by atoms with Crippen molar-refractivity contribution in [2.75, 3.05) is 5.73 Å². The molecule has 3 N–H and O–H groups in total. The molecule has 3 nitrogen and oxygen atoms in total. The van der Waals surface area contributed by atoms with Crippen molar-refractivity contribution < 1.29 is 4.79 Å². The SMILES string of the molecule is CC(=O)c1cc(N)c(C=N)c(Br)c1. The molecule has 0 atom stereocenters. The molecule has 13 heavy (non-hydrogen) atoms. The average Bonchev–Trinajstić information content (AvgIpc) is 2.03. The highest BCUT2D eigenvalue weighted by Gasteiger charge is 2.07. The van der Waals surface area contributed by atoms with E-state index in [4.69, 9.17) is 11.1 Å². The van der Waals surface area contributed by atoms with Gasteiger partial charge in [-0.05, 0) is 19.1 Å². The number of Topliss-reactive ketones (excluding diaryl/α,β-unsaturated/α-hetero) is 1. The minimum atomic E-state index is -0.0380. The van der Waals surface area contributed by atoms with E-state index in [1.54, 1.807) is 12.1 Å². The molecular formula is C9H9BrN2O. The predicted molar refractivity (Wildman–Crippen MR) is 56.4 cm³/mol. The fourth-order valence-electron chi connectivity index (χ4n) is 0.995. The van der Waals surface area contributed by atoms with Crippen LogP contribution >= 0.6 is 15.9 Å². The number of rotatable bonds is 2. The molecule has 68 valence electrons. The number of halogens is 1. The van der Waals surface area contributed by atoms with Crippen molar-refractivity contribution in [3.05, 3.63) is 27.7 Å². The van der Waals surface area contributed by atoms with Gasteiger partial charge in [-0.15, -0.1) is 0 Å². The molecule has 0 aliphatic carbocycles. The summed E-state index contributed by atoms with van der Waals surface area (Å²) in [5, 5.41) is 7.08. The lowest BCUT2D eigenvalue weighted by Crippen LogP contribution is -1.99. The van der Waals surface area contributed by atoms with Crippen molar-refractivity contribution in [2.24, 2.45) is 0 Å². The van der Waals surface area contributed by atoms with Crippen LogP contribution in [0.25, 0.3) is 0 Å². The van der Waals surface area contributed by atoms with Crippen molar-refractivity contribution in [1.29, 1.82) is 5.41 Å². The first-order valence-electron chi connectivity index (χ1n) is 3.66. The fourth-order valence-corrected chi connectivity index (χ4v) is 1.58. The Morgan fingerprint density at radius 1 is 1.62 bits per heavy atom. The number of carbonyl (C=O) groups excluding carboxylic acids is 1. The Balaban J connectivity index is 3.36. The lowest BCUT2D eigenvalue weighted by molar-refractivity contribution is 0.101. The molecule has 0 bridgehead atoms. The summed E-state index contributed by atoms with van der Waals surface area (Å²) in [6.45, 7) is 1.48. The van der Waals surface area contributed by atoms with Crippen molar-refractivity contribution >= 4 is 33.6 Å². The van der Waals surface area contributed by atoms with Crippen LogP contribution in [0.1, 0.15) is 22.8 Å². The summed E-state index contributed by atoms with van der Waals surface area (Å²) < 4.78 is 0.674. The van der Waals surface area contributed by atoms with E-state index < -0.39 is 0 Å². The van der Waals surface area contributed by atoms with Gasteiger partial charge >= 0.3 is 0 Å². The zero-order valence-electron chi connectivity index (χ0n) is 7.10. The van der Waals surface area contributed by atoms with Crippen molar-refractivity contribution in [3.63, 3.8) is 0 Å². The second-order valence-electron chi connectivity index (χ2n) is 2.66. The Kier molecular flexibility index (Phi) is 2.83. The second-order valence-corrected chi connectivity index (χ2v) is 3.52. The van der Waals surface area contributed by atoms with Gasteiger partial charge in [0.15, 0.2) is 5.78 Å². The number of benzene rings is 1. The Morgan fingerprint density at radius 3 is 2.62 bits per heavy atom. The third kappa shape index (κ3) is 1.95. The Hall–Kier alpha value is -1.16. The summed E-state index contributed by atoms with van der Waals surface area (Å²) in [4.78, 5) is 11.0. The number of anilines is 1. The molecule has 0 aliphatic rings. The van der Waals surface area contributed by atoms with E-state index in [0.29, 0.717) is 21.3 Å². The Morgan fingerprint density at radius 2 is 2.23 bits per heavy atom. The standard InChI is InChI=1S/C9H9BrN2O/c1-5(13)6-2-8(10)7(4-11)9(12)3-6/h2-4,11H,12H2,1H3. The van der Waals surface area contributed by atoms with Crippen molar-refractivity contribution in [1.82, 2.24) is 0 Å². The van der Waals surface area contributed by atoms with Gasteiger partial charge in [0.1, 0.15) is 0 Å². The first kappa shape index (κ1) is 9.92. The molecule has 0 aliphatic heterocycles. The molecule has 1 aromatic rings. The zero-order chi connectivity index (χ0) is 10.0. The summed E-state index contributed by atoms with van der Waals surface area (Å²) in [6.07, 6.45) is 1.16. The number of ketones is 1. The number of nitrogens with one attached hydrogen (secondary N) is 1. The lowest BCUT2D eigenvalue weighted by atomic mass is 10.1. The van der Waals surface area contributed by atoms with Crippen LogP contribution in [0.15, 0.2) is 16.6 Å². The predicted octanol–water partition coefficient (Wildman–Crippen LogP) is 2.23. The smallest absolute Gasteiger partial charge is 0.159 e. The third-order valence-corrected chi connectivity index (χ3v) is 2.37. The van der Waals surface area contributed by atoms with Gasteiger partial charge in [0, 0.05) is 27.5 Å². The molecule has 0 heterocycles. The fraction of sp³-hybridized carbons (Fsp3) is 0.111. The van der Waals surface area contributed by atoms with Crippen molar-refractivity contribution in [2.45, 2.75) is 6.92 Å². The molecular weight excluding hydrogens is 232 g/mol. The Bertz CT molecular complexity index is 351. The highest BCUT2D eigenvalue weighted by Crippen LogP contribution is 2.23. The number of nitrogen functional groups attached to an aromatic ring is 1. The number of nitrogens with two attached hydrogens (primary N) is 1. The maximum atomic E-state index is 11.0. The van der Waals surface area contributed by atoms with Gasteiger partial charge < -0.3 is 11.1 Å². The summed E-state index contributed by atoms with van der Waals surface area (Å²) in [5.41, 5.74) is 7.23. The topological polar surface area (TPSA) is 66.9 Å². The van der Waals surface area contributed by atoms with Crippen LogP contribution in [0.4, 0.5) is 5.69 Å².